The van der Waals surface area contributed by atoms with Gasteiger partial charge in [0, 0.05) is 37.8 Å². The molecule has 0 unspecified atom stereocenters. The van der Waals surface area contributed by atoms with Crippen LogP contribution in [0.1, 0.15) is 55.4 Å². The number of rotatable bonds is 5. The highest BCUT2D eigenvalue weighted by molar-refractivity contribution is 6.39. The molecule has 8 nitrogen and oxygen atoms in total. The first-order valence-electron chi connectivity index (χ1n) is 9.53. The zero-order valence-electron chi connectivity index (χ0n) is 17.9. The van der Waals surface area contributed by atoms with Gasteiger partial charge in [-0.25, -0.2) is 0 Å². The molecule has 0 aromatic carbocycles. The molecule has 8 heteroatoms. The molecule has 0 aromatic rings. The van der Waals surface area contributed by atoms with Crippen molar-refractivity contribution in [1.82, 2.24) is 20.9 Å². The lowest BCUT2D eigenvalue weighted by Crippen LogP contribution is -2.70. The first kappa shape index (κ1) is 20.8. The molecule has 0 amide bonds. The van der Waals surface area contributed by atoms with Gasteiger partial charge in [0.2, 0.25) is 23.1 Å². The minimum atomic E-state index is -0.556. The lowest BCUT2D eigenvalue weighted by atomic mass is 9.88. The van der Waals surface area contributed by atoms with Crippen LogP contribution >= 0.6 is 0 Å². The van der Waals surface area contributed by atoms with Crippen LogP contribution in [0.15, 0.2) is 10.3 Å². The first-order valence-corrected chi connectivity index (χ1v) is 9.53. The molecule has 0 saturated carbocycles. The minimum absolute atomic E-state index is 0.241. The summed E-state index contributed by atoms with van der Waals surface area (Å²) < 4.78 is 0. The largest absolute Gasteiger partial charge is 0.369 e. The Balaban J connectivity index is 2.32. The summed E-state index contributed by atoms with van der Waals surface area (Å²) in [7, 11) is 3.84. The van der Waals surface area contributed by atoms with Crippen LogP contribution in [0.25, 0.3) is 0 Å². The summed E-state index contributed by atoms with van der Waals surface area (Å²) in [5.74, 6) is 2.10. The van der Waals surface area contributed by atoms with E-state index in [0.29, 0.717) is 11.7 Å². The molecule has 0 bridgehead atoms. The molecule has 0 radical (unpaired) electrons. The Bertz CT molecular complexity index is 504. The lowest BCUT2D eigenvalue weighted by molar-refractivity contribution is -0.178. The second-order valence-corrected chi connectivity index (χ2v) is 8.56. The van der Waals surface area contributed by atoms with Gasteiger partial charge in [0.05, 0.1) is 0 Å². The van der Waals surface area contributed by atoms with Crippen molar-refractivity contribution < 1.29 is 9.68 Å². The van der Waals surface area contributed by atoms with Gasteiger partial charge in [0.25, 0.3) is 0 Å². The summed E-state index contributed by atoms with van der Waals surface area (Å²) in [5, 5.41) is 12.5. The Kier molecular flexibility index (Phi) is 5.77. The van der Waals surface area contributed by atoms with Crippen LogP contribution in [0.5, 0.6) is 0 Å². The lowest BCUT2D eigenvalue weighted by Gasteiger charge is -2.48. The Labute approximate surface area is 157 Å². The van der Waals surface area contributed by atoms with Crippen LogP contribution in [0.3, 0.4) is 0 Å². The fraction of sp³-hybridized carbons (Fsp3) is 0.889. The minimum Gasteiger partial charge on any atom is -0.369 e. The van der Waals surface area contributed by atoms with Crippen molar-refractivity contribution >= 4 is 11.7 Å². The number of oxime groups is 2. The Morgan fingerprint density at radius 3 is 1.12 bits per heavy atom. The maximum absolute atomic E-state index is 5.96. The molecule has 0 atom stereocenters. The highest BCUT2D eigenvalue weighted by Gasteiger charge is 2.48. The summed E-state index contributed by atoms with van der Waals surface area (Å²) in [5.41, 5.74) is 5.79. The zero-order chi connectivity index (χ0) is 19.9. The van der Waals surface area contributed by atoms with Crippen LogP contribution in [0.2, 0.25) is 0 Å². The molecule has 0 fully saturated rings. The van der Waals surface area contributed by atoms with Crippen LogP contribution < -0.4 is 10.9 Å². The quantitative estimate of drug-likeness (QED) is 0.777. The number of hydrogen-bond donors (Lipinski definition) is 2. The Morgan fingerprint density at radius 2 is 0.923 bits per heavy atom. The fourth-order valence-electron chi connectivity index (χ4n) is 3.68. The number of hydrazine groups is 2. The number of nitrogens with one attached hydrogen (secondary N) is 2. The smallest absolute Gasteiger partial charge is 0.230 e. The first-order chi connectivity index (χ1) is 12.0. The summed E-state index contributed by atoms with van der Waals surface area (Å²) in [6.07, 6.45) is 0. The normalized spacial score (nSPS) is 22.5. The third kappa shape index (κ3) is 3.24. The van der Waals surface area contributed by atoms with Gasteiger partial charge in [-0.1, -0.05) is 65.7 Å². The van der Waals surface area contributed by atoms with Crippen LogP contribution in [-0.2, 0) is 9.68 Å². The van der Waals surface area contributed by atoms with Gasteiger partial charge in [-0.05, 0) is 0 Å². The van der Waals surface area contributed by atoms with Gasteiger partial charge in [-0.15, -0.1) is 0 Å². The molecule has 0 saturated heterocycles. The summed E-state index contributed by atoms with van der Waals surface area (Å²) in [4.78, 5) is 11.9. The third-order valence-corrected chi connectivity index (χ3v) is 5.52. The molecular formula is C18H36N6O2. The Hall–Kier alpha value is -1.54. The second kappa shape index (κ2) is 7.23. The molecule has 0 aliphatic carbocycles. The molecule has 0 spiro atoms. The van der Waals surface area contributed by atoms with Gasteiger partial charge < -0.3 is 9.68 Å². The predicted octanol–water partition coefficient (Wildman–Crippen LogP) is 2.56. The van der Waals surface area contributed by atoms with Gasteiger partial charge in [-0.2, -0.15) is 10.9 Å². The van der Waals surface area contributed by atoms with E-state index in [1.165, 1.54) is 0 Å². The van der Waals surface area contributed by atoms with Gasteiger partial charge in [0.1, 0.15) is 0 Å². The number of nitrogens with zero attached hydrogens (tertiary/aromatic N) is 4. The maximum atomic E-state index is 5.96. The number of likely N-dealkylation sites (N-methyl/N-ethyl adjacent to an activating group) is 2. The second-order valence-electron chi connectivity index (χ2n) is 8.56. The monoisotopic (exact) mass is 368 g/mol. The standard InChI is InChI=1S/C18H36N6O2/c1-11(2)17(12(3)4)21-23(9)15(19-25-17)16-20-26-18(13(5)6,14(7)8)22-24(16)10/h11-14,21-22H,1-10H3. The average Bonchev–Trinajstić information content (AvgIpc) is 2.54. The topological polar surface area (TPSA) is 73.7 Å². The van der Waals surface area contributed by atoms with E-state index in [4.69, 9.17) is 9.68 Å². The number of amidine groups is 2. The molecule has 2 heterocycles. The molecule has 2 aliphatic rings. The molecule has 26 heavy (non-hydrogen) atoms. The molecule has 2 aliphatic heterocycles. The van der Waals surface area contributed by atoms with E-state index in [2.05, 4.69) is 76.6 Å². The molecule has 2 N–H and O–H groups in total. The van der Waals surface area contributed by atoms with Gasteiger partial charge in [0.15, 0.2) is 0 Å². The SMILES string of the molecule is CC(C)C1(C(C)C)NN(C)C(C2=NOC(C(C)C)(C(C)C)NN2C)=NO1. The van der Waals surface area contributed by atoms with E-state index in [1.54, 1.807) is 0 Å². The van der Waals surface area contributed by atoms with E-state index in [9.17, 15) is 0 Å². The van der Waals surface area contributed by atoms with Crippen LogP contribution in [-0.4, -0.2) is 47.2 Å². The van der Waals surface area contributed by atoms with Crippen LogP contribution in [0.4, 0.5) is 0 Å². The predicted molar refractivity (Wildman–Crippen MR) is 104 cm³/mol. The van der Waals surface area contributed by atoms with Gasteiger partial charge in [-0.3, -0.25) is 10.0 Å². The summed E-state index contributed by atoms with van der Waals surface area (Å²) in [6.45, 7) is 17.0. The highest BCUT2D eigenvalue weighted by atomic mass is 16.7. The van der Waals surface area contributed by atoms with E-state index in [0.717, 1.165) is 0 Å². The average molecular weight is 369 g/mol. The molecule has 2 rings (SSSR count). The highest BCUT2D eigenvalue weighted by Crippen LogP contribution is 2.33. The Morgan fingerprint density at radius 1 is 0.654 bits per heavy atom. The van der Waals surface area contributed by atoms with Crippen molar-refractivity contribution in [3.8, 4) is 0 Å². The zero-order valence-corrected chi connectivity index (χ0v) is 17.9. The third-order valence-electron chi connectivity index (χ3n) is 5.52. The van der Waals surface area contributed by atoms with Crippen LogP contribution in [0, 0.1) is 23.7 Å². The van der Waals surface area contributed by atoms with Crippen molar-refractivity contribution in [3.05, 3.63) is 0 Å². The van der Waals surface area contributed by atoms with Crippen molar-refractivity contribution in [2.75, 3.05) is 14.1 Å². The van der Waals surface area contributed by atoms with E-state index in [1.807, 2.05) is 24.1 Å². The van der Waals surface area contributed by atoms with E-state index in [-0.39, 0.29) is 23.7 Å². The molecule has 150 valence electrons. The molecule has 0 aromatic heterocycles. The van der Waals surface area contributed by atoms with Gasteiger partial charge >= 0.3 is 0 Å². The van der Waals surface area contributed by atoms with Crippen molar-refractivity contribution in [3.63, 3.8) is 0 Å². The maximum Gasteiger partial charge on any atom is 0.230 e. The summed E-state index contributed by atoms with van der Waals surface area (Å²) in [6, 6.07) is 0. The van der Waals surface area contributed by atoms with E-state index < -0.39 is 11.4 Å². The number of hydrogen-bond acceptors (Lipinski definition) is 8. The van der Waals surface area contributed by atoms with Crippen molar-refractivity contribution in [1.29, 1.82) is 0 Å². The fourth-order valence-corrected chi connectivity index (χ4v) is 3.68. The van der Waals surface area contributed by atoms with Crippen molar-refractivity contribution in [2.45, 2.75) is 66.8 Å². The van der Waals surface area contributed by atoms with Crippen molar-refractivity contribution in [2.24, 2.45) is 34.0 Å². The summed E-state index contributed by atoms with van der Waals surface area (Å²) >= 11 is 0. The molecular weight excluding hydrogens is 332 g/mol. The van der Waals surface area contributed by atoms with E-state index >= 15 is 0 Å².